The Labute approximate surface area is 153 Å². The van der Waals surface area contributed by atoms with Gasteiger partial charge in [-0.15, -0.1) is 0 Å². The predicted molar refractivity (Wildman–Crippen MR) is 101 cm³/mol. The van der Waals surface area contributed by atoms with Gasteiger partial charge in [-0.1, -0.05) is 47.5 Å². The molecule has 4 unspecified atom stereocenters. The third-order valence-electron chi connectivity index (χ3n) is 5.73. The van der Waals surface area contributed by atoms with E-state index in [1.54, 1.807) is 13.8 Å². The van der Waals surface area contributed by atoms with Gasteiger partial charge in [0.1, 0.15) is 0 Å². The van der Waals surface area contributed by atoms with Gasteiger partial charge in [-0.2, -0.15) is 0 Å². The molecule has 0 spiro atoms. The maximum absolute atomic E-state index is 11.9. The first kappa shape index (κ1) is 24.3. The molecule has 0 aromatic heterocycles. The smallest absolute Gasteiger partial charge is 0.311 e. The van der Waals surface area contributed by atoms with Crippen LogP contribution in [0.25, 0.3) is 0 Å². The van der Waals surface area contributed by atoms with Crippen molar-refractivity contribution in [2.24, 2.45) is 16.0 Å². The number of hydrogen-bond acceptors (Lipinski definition) is 4. The summed E-state index contributed by atoms with van der Waals surface area (Å²) in [6.07, 6.45) is 2.41. The highest BCUT2D eigenvalue weighted by Gasteiger charge is 2.46. The highest BCUT2D eigenvalue weighted by atomic mass is 32.2. The fraction of sp³-hybridized carbons (Fsp3) is 0.944. The van der Waals surface area contributed by atoms with Crippen LogP contribution in [0.5, 0.6) is 0 Å². The van der Waals surface area contributed by atoms with Crippen molar-refractivity contribution in [3.63, 3.8) is 0 Å². The SMILES string of the molecule is CCCC(OC(CCC)C(C)(C)C(C)S(N)(=O)=O)C(C)(CC)C(=O)O. The summed E-state index contributed by atoms with van der Waals surface area (Å²) >= 11 is 0. The molecule has 0 aromatic carbocycles. The number of nitrogens with two attached hydrogens (primary N) is 1. The van der Waals surface area contributed by atoms with Crippen LogP contribution in [0.3, 0.4) is 0 Å². The minimum atomic E-state index is -3.73. The van der Waals surface area contributed by atoms with Gasteiger partial charge in [0.25, 0.3) is 0 Å². The summed E-state index contributed by atoms with van der Waals surface area (Å²) < 4.78 is 30.1. The zero-order valence-corrected chi connectivity index (χ0v) is 17.6. The van der Waals surface area contributed by atoms with Gasteiger partial charge in [0.05, 0.1) is 22.9 Å². The Balaban J connectivity index is 5.81. The highest BCUT2D eigenvalue weighted by molar-refractivity contribution is 7.89. The normalized spacial score (nSPS) is 19.0. The first-order valence-electron chi connectivity index (χ1n) is 9.19. The van der Waals surface area contributed by atoms with Crippen LogP contribution in [0.15, 0.2) is 0 Å². The number of carboxylic acid groups (broad SMARTS) is 1. The van der Waals surface area contributed by atoms with Crippen LogP contribution in [-0.4, -0.2) is 37.0 Å². The number of hydrogen-bond donors (Lipinski definition) is 2. The second-order valence-corrected chi connectivity index (χ2v) is 9.70. The van der Waals surface area contributed by atoms with E-state index in [4.69, 9.17) is 9.88 Å². The number of ether oxygens (including phenoxy) is 1. The maximum atomic E-state index is 11.9. The van der Waals surface area contributed by atoms with Crippen LogP contribution in [0.2, 0.25) is 0 Å². The van der Waals surface area contributed by atoms with Crippen molar-refractivity contribution in [3.05, 3.63) is 0 Å². The third kappa shape index (κ3) is 5.93. The van der Waals surface area contributed by atoms with E-state index in [0.717, 1.165) is 12.8 Å². The standard InChI is InChI=1S/C18H37NO5S/c1-8-11-14(17(5,6)13(4)25(19,22)23)24-15(12-9-2)18(7,10-3)16(20)21/h13-15H,8-12H2,1-7H3,(H,20,21)(H2,19,22,23). The minimum absolute atomic E-state index is 0.396. The van der Waals surface area contributed by atoms with Gasteiger partial charge in [0.15, 0.2) is 0 Å². The van der Waals surface area contributed by atoms with Crippen LogP contribution >= 0.6 is 0 Å². The van der Waals surface area contributed by atoms with E-state index in [9.17, 15) is 18.3 Å². The van der Waals surface area contributed by atoms with Gasteiger partial charge in [-0.3, -0.25) is 4.79 Å². The van der Waals surface area contributed by atoms with Gasteiger partial charge in [0.2, 0.25) is 10.0 Å². The van der Waals surface area contributed by atoms with Crippen LogP contribution in [0.1, 0.15) is 80.6 Å². The Hall–Kier alpha value is -0.660. The Morgan fingerprint density at radius 1 is 1.08 bits per heavy atom. The molecule has 0 saturated heterocycles. The Kier molecular flexibility index (Phi) is 9.08. The number of carbonyl (C=O) groups is 1. The Bertz CT molecular complexity index is 532. The lowest BCUT2D eigenvalue weighted by Gasteiger charge is -2.43. The van der Waals surface area contributed by atoms with Crippen molar-refractivity contribution in [3.8, 4) is 0 Å². The number of sulfonamides is 1. The number of aliphatic carboxylic acids is 1. The lowest BCUT2D eigenvalue weighted by molar-refractivity contribution is -0.170. The highest BCUT2D eigenvalue weighted by Crippen LogP contribution is 2.39. The van der Waals surface area contributed by atoms with E-state index in [-0.39, 0.29) is 0 Å². The van der Waals surface area contributed by atoms with E-state index in [1.807, 2.05) is 34.6 Å². The molecule has 0 fully saturated rings. The number of rotatable bonds is 12. The molecule has 3 N–H and O–H groups in total. The molecule has 0 heterocycles. The summed E-state index contributed by atoms with van der Waals surface area (Å²) in [4.78, 5) is 11.9. The van der Waals surface area contributed by atoms with Crippen molar-refractivity contribution in [1.82, 2.24) is 0 Å². The van der Waals surface area contributed by atoms with Crippen molar-refractivity contribution >= 4 is 16.0 Å². The molecule has 150 valence electrons. The molecular weight excluding hydrogens is 342 g/mol. The first-order valence-corrected chi connectivity index (χ1v) is 10.8. The van der Waals surface area contributed by atoms with Gasteiger partial charge >= 0.3 is 5.97 Å². The quantitative estimate of drug-likeness (QED) is 0.539. The minimum Gasteiger partial charge on any atom is -0.481 e. The summed E-state index contributed by atoms with van der Waals surface area (Å²) in [6, 6.07) is 0. The van der Waals surface area contributed by atoms with E-state index < -0.39 is 44.3 Å². The lowest BCUT2D eigenvalue weighted by Crippen LogP contribution is -2.50. The Morgan fingerprint density at radius 3 is 1.84 bits per heavy atom. The second-order valence-electron chi connectivity index (χ2n) is 7.82. The number of primary sulfonamides is 1. The molecule has 0 aliphatic rings. The fourth-order valence-electron chi connectivity index (χ4n) is 3.08. The van der Waals surface area contributed by atoms with E-state index in [0.29, 0.717) is 19.3 Å². The third-order valence-corrected chi connectivity index (χ3v) is 7.33. The van der Waals surface area contributed by atoms with Gasteiger partial charge in [0, 0.05) is 5.41 Å². The molecule has 25 heavy (non-hydrogen) atoms. The van der Waals surface area contributed by atoms with E-state index >= 15 is 0 Å². The van der Waals surface area contributed by atoms with Gasteiger partial charge in [-0.25, -0.2) is 13.6 Å². The summed E-state index contributed by atoms with van der Waals surface area (Å²) in [5.41, 5.74) is -1.74. The van der Waals surface area contributed by atoms with Crippen molar-refractivity contribution in [2.45, 2.75) is 98.0 Å². The van der Waals surface area contributed by atoms with E-state index in [2.05, 4.69) is 0 Å². The molecular formula is C18H37NO5S. The molecule has 7 heteroatoms. The largest absolute Gasteiger partial charge is 0.481 e. The molecule has 0 rings (SSSR count). The molecule has 4 atom stereocenters. The van der Waals surface area contributed by atoms with Crippen LogP contribution in [-0.2, 0) is 19.6 Å². The molecule has 0 aliphatic carbocycles. The maximum Gasteiger partial charge on any atom is 0.311 e. The molecule has 0 saturated carbocycles. The molecule has 0 bridgehead atoms. The molecule has 0 aromatic rings. The summed E-state index contributed by atoms with van der Waals surface area (Å²) in [5.74, 6) is -0.888. The van der Waals surface area contributed by atoms with E-state index in [1.165, 1.54) is 0 Å². The zero-order chi connectivity index (χ0) is 20.1. The Morgan fingerprint density at radius 2 is 1.52 bits per heavy atom. The van der Waals surface area contributed by atoms with Crippen LogP contribution in [0.4, 0.5) is 0 Å². The molecule has 0 aliphatic heterocycles. The monoisotopic (exact) mass is 379 g/mol. The second kappa shape index (κ2) is 9.33. The summed E-state index contributed by atoms with van der Waals surface area (Å²) in [6.45, 7) is 12.8. The molecule has 6 nitrogen and oxygen atoms in total. The van der Waals surface area contributed by atoms with Crippen molar-refractivity contribution < 1.29 is 23.1 Å². The lowest BCUT2D eigenvalue weighted by atomic mass is 9.77. The average molecular weight is 380 g/mol. The van der Waals surface area contributed by atoms with Crippen molar-refractivity contribution in [1.29, 1.82) is 0 Å². The van der Waals surface area contributed by atoms with Crippen LogP contribution < -0.4 is 5.14 Å². The fourth-order valence-corrected chi connectivity index (χ4v) is 4.08. The van der Waals surface area contributed by atoms with Gasteiger partial charge in [-0.05, 0) is 33.1 Å². The van der Waals surface area contributed by atoms with Crippen LogP contribution in [0, 0.1) is 10.8 Å². The molecule has 0 amide bonds. The molecule has 0 radical (unpaired) electrons. The zero-order valence-electron chi connectivity index (χ0n) is 16.8. The average Bonchev–Trinajstić information content (AvgIpc) is 2.50. The topological polar surface area (TPSA) is 107 Å². The number of carboxylic acids is 1. The van der Waals surface area contributed by atoms with Gasteiger partial charge < -0.3 is 9.84 Å². The first-order chi connectivity index (χ1) is 11.3. The summed E-state index contributed by atoms with van der Waals surface area (Å²) in [5, 5.41) is 14.3. The van der Waals surface area contributed by atoms with Crippen molar-refractivity contribution in [2.75, 3.05) is 0 Å². The predicted octanol–water partition coefficient (Wildman–Crippen LogP) is 3.54. The summed E-state index contributed by atoms with van der Waals surface area (Å²) in [7, 11) is -3.73.